The number of rotatable bonds is 6. The second kappa shape index (κ2) is 8.96. The van der Waals surface area contributed by atoms with Gasteiger partial charge in [0.2, 0.25) is 5.91 Å². The highest BCUT2D eigenvalue weighted by Crippen LogP contribution is 2.26. The number of anilines is 1. The quantitative estimate of drug-likeness (QED) is 0.834. The molecule has 0 radical (unpaired) electrons. The number of imidazole rings is 1. The van der Waals surface area contributed by atoms with E-state index in [1.54, 1.807) is 18.0 Å². The molecular formula is C16H23ClN4OS. The molecule has 1 aromatic carbocycles. The summed E-state index contributed by atoms with van der Waals surface area (Å²) >= 11 is 1.58. The molecule has 0 saturated heterocycles. The van der Waals surface area contributed by atoms with Crippen molar-refractivity contribution in [2.24, 2.45) is 18.7 Å². The standard InChI is InChI=1S/C16H22N4OS.ClH/c1-4-11(2)14(17)15(21)19-12-5-7-13(8-6-12)22-16-18-9-10-20(16)3;/h5-11,14H,4,17H2,1-3H3,(H,19,21);1H. The lowest BCUT2D eigenvalue weighted by Gasteiger charge is -2.17. The van der Waals surface area contributed by atoms with Gasteiger partial charge in [-0.15, -0.1) is 12.4 Å². The number of hydrogen-bond donors (Lipinski definition) is 2. The van der Waals surface area contributed by atoms with Crippen LogP contribution in [0.2, 0.25) is 0 Å². The van der Waals surface area contributed by atoms with Crippen molar-refractivity contribution >= 4 is 35.8 Å². The molecule has 0 aliphatic carbocycles. The summed E-state index contributed by atoms with van der Waals surface area (Å²) in [6, 6.07) is 7.21. The monoisotopic (exact) mass is 354 g/mol. The van der Waals surface area contributed by atoms with E-state index in [0.29, 0.717) is 0 Å². The second-order valence-corrected chi connectivity index (χ2v) is 6.39. The molecule has 0 saturated carbocycles. The zero-order valence-electron chi connectivity index (χ0n) is 13.5. The van der Waals surface area contributed by atoms with Crippen LogP contribution in [0.4, 0.5) is 5.69 Å². The molecule has 1 heterocycles. The number of amides is 1. The maximum absolute atomic E-state index is 12.0. The van der Waals surface area contributed by atoms with E-state index < -0.39 is 6.04 Å². The minimum absolute atomic E-state index is 0. The largest absolute Gasteiger partial charge is 0.329 e. The number of carbonyl (C=O) groups excluding carboxylic acids is 1. The van der Waals surface area contributed by atoms with Gasteiger partial charge in [-0.3, -0.25) is 4.79 Å². The molecule has 1 aromatic heterocycles. The fourth-order valence-corrected chi connectivity index (χ4v) is 2.70. The summed E-state index contributed by atoms with van der Waals surface area (Å²) in [5, 5.41) is 3.79. The van der Waals surface area contributed by atoms with Crippen LogP contribution in [0.15, 0.2) is 46.7 Å². The van der Waals surface area contributed by atoms with Gasteiger partial charge in [-0.2, -0.15) is 0 Å². The lowest BCUT2D eigenvalue weighted by atomic mass is 9.99. The molecule has 5 nitrogen and oxygen atoms in total. The predicted molar refractivity (Wildman–Crippen MR) is 97.1 cm³/mol. The van der Waals surface area contributed by atoms with Crippen LogP contribution in [0.1, 0.15) is 20.3 Å². The van der Waals surface area contributed by atoms with E-state index in [1.807, 2.05) is 55.9 Å². The molecule has 126 valence electrons. The zero-order chi connectivity index (χ0) is 16.1. The van der Waals surface area contributed by atoms with Gasteiger partial charge in [0.15, 0.2) is 5.16 Å². The van der Waals surface area contributed by atoms with Gasteiger partial charge in [0.1, 0.15) is 0 Å². The second-order valence-electron chi connectivity index (χ2n) is 5.35. The molecular weight excluding hydrogens is 332 g/mol. The Morgan fingerprint density at radius 3 is 2.57 bits per heavy atom. The van der Waals surface area contributed by atoms with Gasteiger partial charge in [0.05, 0.1) is 6.04 Å². The van der Waals surface area contributed by atoms with Crippen LogP contribution in [-0.4, -0.2) is 21.5 Å². The third-order valence-corrected chi connectivity index (χ3v) is 4.75. The van der Waals surface area contributed by atoms with Crippen LogP contribution >= 0.6 is 24.2 Å². The van der Waals surface area contributed by atoms with Crippen LogP contribution in [0.25, 0.3) is 0 Å². The molecule has 2 unspecified atom stereocenters. The Morgan fingerprint density at radius 2 is 2.04 bits per heavy atom. The van der Waals surface area contributed by atoms with E-state index in [-0.39, 0.29) is 24.2 Å². The van der Waals surface area contributed by atoms with Crippen LogP contribution in [0.5, 0.6) is 0 Å². The topological polar surface area (TPSA) is 72.9 Å². The summed E-state index contributed by atoms with van der Waals surface area (Å²) in [6.45, 7) is 4.01. The Hall–Kier alpha value is -1.50. The molecule has 1 amide bonds. The third kappa shape index (κ3) is 5.27. The number of nitrogens with one attached hydrogen (secondary N) is 1. The fraction of sp³-hybridized carbons (Fsp3) is 0.375. The molecule has 0 spiro atoms. The van der Waals surface area contributed by atoms with Crippen LogP contribution in [-0.2, 0) is 11.8 Å². The molecule has 7 heteroatoms. The first kappa shape index (κ1) is 19.5. The summed E-state index contributed by atoms with van der Waals surface area (Å²) in [6.07, 6.45) is 4.56. The minimum Gasteiger partial charge on any atom is -0.329 e. The van der Waals surface area contributed by atoms with E-state index in [2.05, 4.69) is 10.3 Å². The lowest BCUT2D eigenvalue weighted by molar-refractivity contribution is -0.118. The van der Waals surface area contributed by atoms with E-state index in [1.165, 1.54) is 0 Å². The van der Waals surface area contributed by atoms with Gasteiger partial charge in [0, 0.05) is 30.0 Å². The van der Waals surface area contributed by atoms with Crippen LogP contribution in [0.3, 0.4) is 0 Å². The smallest absolute Gasteiger partial charge is 0.241 e. The Balaban J connectivity index is 0.00000264. The van der Waals surface area contributed by atoms with Crippen molar-refractivity contribution in [2.75, 3.05) is 5.32 Å². The van der Waals surface area contributed by atoms with Crippen molar-refractivity contribution in [1.29, 1.82) is 0 Å². The molecule has 3 N–H and O–H groups in total. The van der Waals surface area contributed by atoms with Gasteiger partial charge < -0.3 is 15.6 Å². The number of aromatic nitrogens is 2. The third-order valence-electron chi connectivity index (χ3n) is 3.67. The Morgan fingerprint density at radius 1 is 1.39 bits per heavy atom. The number of halogens is 1. The average molecular weight is 355 g/mol. The number of benzene rings is 1. The zero-order valence-corrected chi connectivity index (χ0v) is 15.2. The van der Waals surface area contributed by atoms with Crippen molar-refractivity contribution in [3.63, 3.8) is 0 Å². The highest BCUT2D eigenvalue weighted by atomic mass is 35.5. The molecule has 2 aromatic rings. The van der Waals surface area contributed by atoms with Crippen LogP contribution in [0, 0.1) is 5.92 Å². The number of carbonyl (C=O) groups is 1. The molecule has 23 heavy (non-hydrogen) atoms. The lowest BCUT2D eigenvalue weighted by Crippen LogP contribution is -2.40. The fourth-order valence-electron chi connectivity index (χ4n) is 1.90. The maximum atomic E-state index is 12.0. The Bertz CT molecular complexity index is 629. The predicted octanol–water partition coefficient (Wildman–Crippen LogP) is 3.31. The summed E-state index contributed by atoms with van der Waals surface area (Å²) in [4.78, 5) is 17.4. The van der Waals surface area contributed by atoms with E-state index in [0.717, 1.165) is 22.2 Å². The summed E-state index contributed by atoms with van der Waals surface area (Å²) < 4.78 is 1.96. The first-order chi connectivity index (χ1) is 10.5. The molecule has 0 fully saturated rings. The highest BCUT2D eigenvalue weighted by Gasteiger charge is 2.19. The highest BCUT2D eigenvalue weighted by molar-refractivity contribution is 7.99. The molecule has 2 atom stereocenters. The first-order valence-corrected chi connectivity index (χ1v) is 8.14. The van der Waals surface area contributed by atoms with Gasteiger partial charge in [-0.1, -0.05) is 32.0 Å². The molecule has 0 bridgehead atoms. The minimum atomic E-state index is -0.480. The number of nitrogens with zero attached hydrogens (tertiary/aromatic N) is 2. The number of hydrogen-bond acceptors (Lipinski definition) is 4. The summed E-state index contributed by atoms with van der Waals surface area (Å²) in [5.41, 5.74) is 6.69. The summed E-state index contributed by atoms with van der Waals surface area (Å²) in [5.74, 6) is 0.0251. The first-order valence-electron chi connectivity index (χ1n) is 7.33. The van der Waals surface area contributed by atoms with Crippen molar-refractivity contribution in [1.82, 2.24) is 9.55 Å². The van der Waals surface area contributed by atoms with Gasteiger partial charge in [-0.25, -0.2) is 4.98 Å². The van der Waals surface area contributed by atoms with Crippen LogP contribution < -0.4 is 11.1 Å². The maximum Gasteiger partial charge on any atom is 0.241 e. The molecule has 2 rings (SSSR count). The van der Waals surface area contributed by atoms with Crippen molar-refractivity contribution < 1.29 is 4.79 Å². The average Bonchev–Trinajstić information content (AvgIpc) is 2.92. The van der Waals surface area contributed by atoms with Gasteiger partial charge >= 0.3 is 0 Å². The Kier molecular flexibility index (Phi) is 7.61. The molecule has 0 aliphatic rings. The molecule has 0 aliphatic heterocycles. The SMILES string of the molecule is CCC(C)C(N)C(=O)Nc1ccc(Sc2nccn2C)cc1.Cl. The van der Waals surface area contributed by atoms with Gasteiger partial charge in [-0.05, 0) is 30.2 Å². The normalized spacial score (nSPS) is 13.0. The van der Waals surface area contributed by atoms with Crippen molar-refractivity contribution in [2.45, 2.75) is 36.4 Å². The van der Waals surface area contributed by atoms with E-state index >= 15 is 0 Å². The Labute approximate surface area is 147 Å². The number of nitrogens with two attached hydrogens (primary N) is 1. The van der Waals surface area contributed by atoms with Crippen molar-refractivity contribution in [3.8, 4) is 0 Å². The van der Waals surface area contributed by atoms with E-state index in [9.17, 15) is 4.79 Å². The summed E-state index contributed by atoms with van der Waals surface area (Å²) in [7, 11) is 1.96. The number of aryl methyl sites for hydroxylation is 1. The van der Waals surface area contributed by atoms with Gasteiger partial charge in [0.25, 0.3) is 0 Å². The van der Waals surface area contributed by atoms with Crippen molar-refractivity contribution in [3.05, 3.63) is 36.7 Å². The van der Waals surface area contributed by atoms with E-state index in [4.69, 9.17) is 5.73 Å².